The van der Waals surface area contributed by atoms with E-state index in [0.717, 1.165) is 33.2 Å². The smallest absolute Gasteiger partial charge is 0.197 e. The molecule has 0 radical (unpaired) electrons. The number of H-pyrrole nitrogens is 1. The Hall–Kier alpha value is -4.12. The number of nitrogens with one attached hydrogen (secondary N) is 2. The summed E-state index contributed by atoms with van der Waals surface area (Å²) in [6.07, 6.45) is 3.53. The molecule has 0 amide bonds. The lowest BCUT2D eigenvalue weighted by molar-refractivity contribution is 0.104. The highest BCUT2D eigenvalue weighted by molar-refractivity contribution is 6.19. The molecule has 2 heterocycles. The van der Waals surface area contributed by atoms with Crippen LogP contribution in [0.5, 0.6) is 5.75 Å². The topological polar surface area (TPSA) is 67.0 Å². The second kappa shape index (κ2) is 7.37. The number of carbonyl (C=O) groups excluding carboxylic acids is 1. The van der Waals surface area contributed by atoms with Gasteiger partial charge in [-0.15, -0.1) is 0 Å². The fourth-order valence-electron chi connectivity index (χ4n) is 3.66. The van der Waals surface area contributed by atoms with Gasteiger partial charge in [0.1, 0.15) is 5.75 Å². The second-order valence-electron chi connectivity index (χ2n) is 7.02. The van der Waals surface area contributed by atoms with Crippen molar-refractivity contribution in [2.24, 2.45) is 0 Å². The van der Waals surface area contributed by atoms with Gasteiger partial charge in [-0.1, -0.05) is 18.2 Å². The summed E-state index contributed by atoms with van der Waals surface area (Å²) in [5, 5.41) is 5.27. The number of hydrogen-bond donors (Lipinski definition) is 2. The summed E-state index contributed by atoms with van der Waals surface area (Å²) in [5.41, 5.74) is 4.69. The van der Waals surface area contributed by atoms with Crippen LogP contribution >= 0.6 is 0 Å². The first-order chi connectivity index (χ1) is 14.7. The summed E-state index contributed by atoms with van der Waals surface area (Å²) in [6.45, 7) is 0. The van der Waals surface area contributed by atoms with Crippen molar-refractivity contribution < 1.29 is 9.53 Å². The molecule has 2 N–H and O–H groups in total. The lowest BCUT2D eigenvalue weighted by Gasteiger charge is -2.12. The van der Waals surface area contributed by atoms with Crippen LogP contribution in [-0.4, -0.2) is 22.9 Å². The van der Waals surface area contributed by atoms with Gasteiger partial charge >= 0.3 is 0 Å². The number of ether oxygens (including phenoxy) is 1. The first kappa shape index (κ1) is 17.9. The fourth-order valence-corrected chi connectivity index (χ4v) is 3.66. The van der Waals surface area contributed by atoms with E-state index < -0.39 is 0 Å². The molecule has 2 aromatic heterocycles. The molecule has 0 aliphatic carbocycles. The zero-order chi connectivity index (χ0) is 20.5. The van der Waals surface area contributed by atoms with Crippen LogP contribution in [0, 0.1) is 0 Å². The van der Waals surface area contributed by atoms with Gasteiger partial charge in [0.05, 0.1) is 12.6 Å². The zero-order valence-electron chi connectivity index (χ0n) is 16.3. The molecule has 0 spiro atoms. The number of nitrogens with zero attached hydrogens (tertiary/aromatic N) is 1. The molecule has 5 rings (SSSR count). The Bertz CT molecular complexity index is 1390. The van der Waals surface area contributed by atoms with Crippen molar-refractivity contribution in [2.75, 3.05) is 12.4 Å². The van der Waals surface area contributed by atoms with Crippen LogP contribution in [0.1, 0.15) is 15.9 Å². The molecule has 0 aliphatic heterocycles. The Balaban J connectivity index is 1.53. The molecule has 0 aliphatic rings. The van der Waals surface area contributed by atoms with E-state index >= 15 is 0 Å². The van der Waals surface area contributed by atoms with Gasteiger partial charge < -0.3 is 15.0 Å². The molecular weight excluding hydrogens is 374 g/mol. The highest BCUT2D eigenvalue weighted by Gasteiger charge is 2.18. The van der Waals surface area contributed by atoms with Crippen LogP contribution in [0.25, 0.3) is 21.8 Å². The zero-order valence-corrected chi connectivity index (χ0v) is 16.3. The number of methoxy groups -OCH3 is 1. The van der Waals surface area contributed by atoms with Gasteiger partial charge in [-0.05, 0) is 54.6 Å². The monoisotopic (exact) mass is 393 g/mol. The van der Waals surface area contributed by atoms with Crippen molar-refractivity contribution in [1.82, 2.24) is 9.97 Å². The molecule has 5 aromatic rings. The molecule has 0 fully saturated rings. The van der Waals surface area contributed by atoms with Crippen molar-refractivity contribution in [2.45, 2.75) is 0 Å². The van der Waals surface area contributed by atoms with E-state index in [4.69, 9.17) is 4.74 Å². The lowest BCUT2D eigenvalue weighted by Crippen LogP contribution is -2.05. The first-order valence-electron chi connectivity index (χ1n) is 9.63. The second-order valence-corrected chi connectivity index (χ2v) is 7.02. The van der Waals surface area contributed by atoms with Gasteiger partial charge in [0.25, 0.3) is 0 Å². The highest BCUT2D eigenvalue weighted by atomic mass is 16.5. The molecule has 5 heteroatoms. The lowest BCUT2D eigenvalue weighted by atomic mass is 10.0. The average Bonchev–Trinajstić information content (AvgIpc) is 3.22. The standard InChI is InChI=1S/C25H19N3O2/c1-30-18-9-11-23-20(14-18)21(15-27-23)25(29)19-6-2-3-7-24(19)28-17-8-10-22-16(13-17)5-4-12-26-22/h2-15,27-28H,1H3. The molecule has 0 atom stereocenters. The summed E-state index contributed by atoms with van der Waals surface area (Å²) in [6, 6.07) is 23.1. The minimum atomic E-state index is -0.0555. The Labute approximate surface area is 173 Å². The molecule has 30 heavy (non-hydrogen) atoms. The summed E-state index contributed by atoms with van der Waals surface area (Å²) < 4.78 is 5.33. The number of rotatable bonds is 5. The number of ketones is 1. The Kier molecular flexibility index (Phi) is 4.41. The quantitative estimate of drug-likeness (QED) is 0.376. The number of hydrogen-bond acceptors (Lipinski definition) is 4. The van der Waals surface area contributed by atoms with E-state index in [1.807, 2.05) is 72.8 Å². The largest absolute Gasteiger partial charge is 0.497 e. The van der Waals surface area contributed by atoms with Crippen molar-refractivity contribution in [1.29, 1.82) is 0 Å². The van der Waals surface area contributed by atoms with Crippen molar-refractivity contribution in [3.05, 3.63) is 96.3 Å². The molecule has 0 saturated carbocycles. The van der Waals surface area contributed by atoms with Crippen LogP contribution in [0.15, 0.2) is 85.2 Å². The average molecular weight is 393 g/mol. The third-order valence-corrected chi connectivity index (χ3v) is 5.19. The summed E-state index contributed by atoms with van der Waals surface area (Å²) in [5.74, 6) is 0.660. The van der Waals surface area contributed by atoms with Crippen molar-refractivity contribution >= 4 is 39.0 Å². The van der Waals surface area contributed by atoms with Crippen molar-refractivity contribution in [3.8, 4) is 5.75 Å². The number of aromatic amines is 1. The Morgan fingerprint density at radius 1 is 0.967 bits per heavy atom. The molecule has 5 nitrogen and oxygen atoms in total. The number of para-hydroxylation sites is 1. The van der Waals surface area contributed by atoms with Crippen molar-refractivity contribution in [3.63, 3.8) is 0 Å². The third kappa shape index (κ3) is 3.16. The van der Waals surface area contributed by atoms with E-state index in [-0.39, 0.29) is 5.78 Å². The Morgan fingerprint density at radius 3 is 2.77 bits per heavy atom. The van der Waals surface area contributed by atoms with Gasteiger partial charge in [-0.25, -0.2) is 0 Å². The van der Waals surface area contributed by atoms with E-state index in [1.165, 1.54) is 0 Å². The van der Waals surface area contributed by atoms with Crippen LogP contribution in [0.4, 0.5) is 11.4 Å². The predicted octanol–water partition coefficient (Wildman–Crippen LogP) is 5.70. The Morgan fingerprint density at radius 2 is 1.87 bits per heavy atom. The number of benzene rings is 3. The number of anilines is 2. The fraction of sp³-hybridized carbons (Fsp3) is 0.0400. The molecule has 0 unspecified atom stereocenters. The van der Waals surface area contributed by atoms with E-state index in [1.54, 1.807) is 19.5 Å². The number of fused-ring (bicyclic) bond motifs is 2. The maximum Gasteiger partial charge on any atom is 0.197 e. The van der Waals surface area contributed by atoms with Gasteiger partial charge in [-0.3, -0.25) is 9.78 Å². The van der Waals surface area contributed by atoms with E-state index in [9.17, 15) is 4.79 Å². The molecule has 0 bridgehead atoms. The third-order valence-electron chi connectivity index (χ3n) is 5.19. The molecule has 146 valence electrons. The minimum absolute atomic E-state index is 0.0555. The van der Waals surface area contributed by atoms with Crippen LogP contribution < -0.4 is 10.1 Å². The maximum atomic E-state index is 13.4. The molecule has 0 saturated heterocycles. The van der Waals surface area contributed by atoms with Crippen LogP contribution in [-0.2, 0) is 0 Å². The summed E-state index contributed by atoms with van der Waals surface area (Å²) in [7, 11) is 1.62. The normalized spacial score (nSPS) is 11.0. The van der Waals surface area contributed by atoms with Gasteiger partial charge in [-0.2, -0.15) is 0 Å². The van der Waals surface area contributed by atoms with Gasteiger partial charge in [0, 0.05) is 51.2 Å². The van der Waals surface area contributed by atoms with Crippen LogP contribution in [0.3, 0.4) is 0 Å². The summed E-state index contributed by atoms with van der Waals surface area (Å²) in [4.78, 5) is 21.0. The summed E-state index contributed by atoms with van der Waals surface area (Å²) >= 11 is 0. The molecule has 3 aromatic carbocycles. The van der Waals surface area contributed by atoms with Crippen LogP contribution in [0.2, 0.25) is 0 Å². The SMILES string of the molecule is COc1ccc2[nH]cc(C(=O)c3ccccc3Nc3ccc4ncccc4c3)c2c1. The maximum absolute atomic E-state index is 13.4. The van der Waals surface area contributed by atoms with E-state index in [2.05, 4.69) is 15.3 Å². The number of carbonyl (C=O) groups is 1. The van der Waals surface area contributed by atoms with Gasteiger partial charge in [0.2, 0.25) is 0 Å². The molecular formula is C25H19N3O2. The number of pyridine rings is 1. The first-order valence-corrected chi connectivity index (χ1v) is 9.63. The van der Waals surface area contributed by atoms with E-state index in [0.29, 0.717) is 16.9 Å². The number of aromatic nitrogens is 2. The van der Waals surface area contributed by atoms with Gasteiger partial charge in [0.15, 0.2) is 5.78 Å². The highest BCUT2D eigenvalue weighted by Crippen LogP contribution is 2.29. The predicted molar refractivity (Wildman–Crippen MR) is 120 cm³/mol. The minimum Gasteiger partial charge on any atom is -0.497 e.